The van der Waals surface area contributed by atoms with E-state index >= 15 is 0 Å². The van der Waals surface area contributed by atoms with E-state index < -0.39 is 12.2 Å². The summed E-state index contributed by atoms with van der Waals surface area (Å²) < 4.78 is 4.91. The Morgan fingerprint density at radius 3 is 2.36 bits per heavy atom. The van der Waals surface area contributed by atoms with Crippen molar-refractivity contribution in [3.05, 3.63) is 35.9 Å². The number of carbonyl (C=O) groups is 1. The van der Waals surface area contributed by atoms with Gasteiger partial charge in [0.25, 0.3) is 0 Å². The number of esters is 1. The van der Waals surface area contributed by atoms with Gasteiger partial charge in [0.05, 0.1) is 11.6 Å². The van der Waals surface area contributed by atoms with Gasteiger partial charge in [-0.1, -0.05) is 18.2 Å². The summed E-state index contributed by atoms with van der Waals surface area (Å²) in [7, 11) is 0. The predicted octanol–water partition coefficient (Wildman–Crippen LogP) is 0.475. The lowest BCUT2D eigenvalue weighted by molar-refractivity contribution is 0.0269. The summed E-state index contributed by atoms with van der Waals surface area (Å²) in [6.07, 6.45) is -0.761. The molecule has 0 saturated carbocycles. The molecule has 4 N–H and O–H groups in total. The van der Waals surface area contributed by atoms with Crippen LogP contribution in [0.3, 0.4) is 0 Å². The SMILES string of the molecule is C[C@@H](N)C(N)OC(=O)c1ccccc1. The zero-order valence-electron chi connectivity index (χ0n) is 8.01. The molecule has 0 aliphatic heterocycles. The van der Waals surface area contributed by atoms with Crippen LogP contribution in [-0.4, -0.2) is 18.2 Å². The molecule has 76 valence electrons. The van der Waals surface area contributed by atoms with Crippen LogP contribution in [0, 0.1) is 0 Å². The molecule has 0 aliphatic carbocycles. The Kier molecular flexibility index (Phi) is 3.62. The fraction of sp³-hybridized carbons (Fsp3) is 0.300. The quantitative estimate of drug-likeness (QED) is 0.541. The molecule has 0 bridgehead atoms. The average Bonchev–Trinajstić information content (AvgIpc) is 2.19. The molecular weight excluding hydrogens is 180 g/mol. The summed E-state index contributed by atoms with van der Waals surface area (Å²) in [6.45, 7) is 1.68. The minimum Gasteiger partial charge on any atom is -0.442 e. The molecule has 0 amide bonds. The zero-order chi connectivity index (χ0) is 10.6. The van der Waals surface area contributed by atoms with Crippen LogP contribution in [0.2, 0.25) is 0 Å². The lowest BCUT2D eigenvalue weighted by Crippen LogP contribution is -2.42. The Balaban J connectivity index is 2.60. The molecule has 1 rings (SSSR count). The van der Waals surface area contributed by atoms with Crippen molar-refractivity contribution in [1.82, 2.24) is 0 Å². The van der Waals surface area contributed by atoms with Gasteiger partial charge in [0.2, 0.25) is 0 Å². The van der Waals surface area contributed by atoms with Crippen molar-refractivity contribution in [3.63, 3.8) is 0 Å². The number of benzene rings is 1. The van der Waals surface area contributed by atoms with Gasteiger partial charge in [0, 0.05) is 0 Å². The molecule has 0 fully saturated rings. The number of hydrogen-bond donors (Lipinski definition) is 2. The van der Waals surface area contributed by atoms with Gasteiger partial charge in [-0.3, -0.25) is 5.73 Å². The summed E-state index contributed by atoms with van der Waals surface area (Å²) in [6, 6.07) is 8.29. The molecule has 1 aromatic rings. The Bertz CT molecular complexity index is 298. The van der Waals surface area contributed by atoms with Crippen molar-refractivity contribution in [3.8, 4) is 0 Å². The molecule has 1 aromatic carbocycles. The number of carbonyl (C=O) groups excluding carboxylic acids is 1. The predicted molar refractivity (Wildman–Crippen MR) is 53.5 cm³/mol. The van der Waals surface area contributed by atoms with Crippen LogP contribution < -0.4 is 11.5 Å². The van der Waals surface area contributed by atoms with Crippen molar-refractivity contribution < 1.29 is 9.53 Å². The van der Waals surface area contributed by atoms with Crippen molar-refractivity contribution in [1.29, 1.82) is 0 Å². The summed E-state index contributed by atoms with van der Waals surface area (Å²) >= 11 is 0. The number of ether oxygens (including phenoxy) is 1. The summed E-state index contributed by atoms with van der Waals surface area (Å²) in [5, 5.41) is 0. The first-order valence-corrected chi connectivity index (χ1v) is 4.38. The van der Waals surface area contributed by atoms with Gasteiger partial charge in [-0.15, -0.1) is 0 Å². The molecule has 4 heteroatoms. The summed E-state index contributed by atoms with van der Waals surface area (Å²) in [5.41, 5.74) is 11.4. The van der Waals surface area contributed by atoms with Gasteiger partial charge in [-0.2, -0.15) is 0 Å². The number of nitrogens with two attached hydrogens (primary N) is 2. The largest absolute Gasteiger partial charge is 0.442 e. The van der Waals surface area contributed by atoms with E-state index in [0.717, 1.165) is 0 Å². The van der Waals surface area contributed by atoms with Crippen LogP contribution in [0.15, 0.2) is 30.3 Å². The third-order valence-electron chi connectivity index (χ3n) is 1.77. The molecule has 14 heavy (non-hydrogen) atoms. The molecule has 0 radical (unpaired) electrons. The second-order valence-corrected chi connectivity index (χ2v) is 3.10. The highest BCUT2D eigenvalue weighted by Gasteiger charge is 2.14. The Labute approximate surface area is 82.8 Å². The third-order valence-corrected chi connectivity index (χ3v) is 1.77. The van der Waals surface area contributed by atoms with Gasteiger partial charge >= 0.3 is 5.97 Å². The minimum atomic E-state index is -0.761. The molecule has 1 unspecified atom stereocenters. The van der Waals surface area contributed by atoms with Gasteiger partial charge in [-0.05, 0) is 19.1 Å². The number of rotatable bonds is 3. The molecule has 0 aliphatic rings. The molecule has 0 aromatic heterocycles. The highest BCUT2D eigenvalue weighted by Crippen LogP contribution is 2.02. The molecular formula is C10H14N2O2. The van der Waals surface area contributed by atoms with E-state index in [1.54, 1.807) is 31.2 Å². The molecule has 0 heterocycles. The Hall–Kier alpha value is -1.39. The summed E-state index contributed by atoms with van der Waals surface area (Å²) in [5.74, 6) is -0.449. The third kappa shape index (κ3) is 2.83. The fourth-order valence-corrected chi connectivity index (χ4v) is 0.873. The van der Waals surface area contributed by atoms with Crippen LogP contribution in [0.25, 0.3) is 0 Å². The lowest BCUT2D eigenvalue weighted by Gasteiger charge is -2.16. The van der Waals surface area contributed by atoms with Crippen LogP contribution in [0.1, 0.15) is 17.3 Å². The van der Waals surface area contributed by atoms with Crippen LogP contribution >= 0.6 is 0 Å². The molecule has 0 saturated heterocycles. The Morgan fingerprint density at radius 2 is 1.86 bits per heavy atom. The number of hydrogen-bond acceptors (Lipinski definition) is 4. The second kappa shape index (κ2) is 4.74. The standard InChI is InChI=1S/C10H14N2O2/c1-7(11)9(12)14-10(13)8-5-3-2-4-6-8/h2-7,9H,11-12H2,1H3/t7-,9?/m1/s1. The molecule has 2 atom stereocenters. The van der Waals surface area contributed by atoms with E-state index in [1.165, 1.54) is 0 Å². The maximum Gasteiger partial charge on any atom is 0.339 e. The van der Waals surface area contributed by atoms with Crippen molar-refractivity contribution in [2.24, 2.45) is 11.5 Å². The van der Waals surface area contributed by atoms with Crippen LogP contribution in [0.4, 0.5) is 0 Å². The fourth-order valence-electron chi connectivity index (χ4n) is 0.873. The maximum atomic E-state index is 11.4. The molecule has 0 spiro atoms. The minimum absolute atomic E-state index is 0.373. The van der Waals surface area contributed by atoms with Gasteiger partial charge in [-0.25, -0.2) is 4.79 Å². The highest BCUT2D eigenvalue weighted by atomic mass is 16.6. The first-order valence-electron chi connectivity index (χ1n) is 4.38. The van der Waals surface area contributed by atoms with Crippen LogP contribution in [0.5, 0.6) is 0 Å². The topological polar surface area (TPSA) is 78.3 Å². The first kappa shape index (κ1) is 10.7. The molecule has 4 nitrogen and oxygen atoms in total. The average molecular weight is 194 g/mol. The maximum absolute atomic E-state index is 11.4. The van der Waals surface area contributed by atoms with E-state index in [-0.39, 0.29) is 6.04 Å². The van der Waals surface area contributed by atoms with Crippen molar-refractivity contribution >= 4 is 5.97 Å². The smallest absolute Gasteiger partial charge is 0.339 e. The normalized spacial score (nSPS) is 14.5. The Morgan fingerprint density at radius 1 is 1.29 bits per heavy atom. The van der Waals surface area contributed by atoms with E-state index in [4.69, 9.17) is 16.2 Å². The zero-order valence-corrected chi connectivity index (χ0v) is 8.01. The van der Waals surface area contributed by atoms with E-state index in [2.05, 4.69) is 0 Å². The van der Waals surface area contributed by atoms with Crippen molar-refractivity contribution in [2.45, 2.75) is 19.2 Å². The first-order chi connectivity index (χ1) is 6.61. The van der Waals surface area contributed by atoms with Gasteiger partial charge in [0.15, 0.2) is 6.23 Å². The van der Waals surface area contributed by atoms with E-state index in [1.807, 2.05) is 6.07 Å². The van der Waals surface area contributed by atoms with Gasteiger partial charge < -0.3 is 10.5 Å². The lowest BCUT2D eigenvalue weighted by atomic mass is 10.2. The monoisotopic (exact) mass is 194 g/mol. The van der Waals surface area contributed by atoms with E-state index in [0.29, 0.717) is 5.56 Å². The second-order valence-electron chi connectivity index (χ2n) is 3.10. The van der Waals surface area contributed by atoms with Crippen molar-refractivity contribution in [2.75, 3.05) is 0 Å². The van der Waals surface area contributed by atoms with Gasteiger partial charge in [0.1, 0.15) is 0 Å². The summed E-state index contributed by atoms with van der Waals surface area (Å²) in [4.78, 5) is 11.4. The van der Waals surface area contributed by atoms with E-state index in [9.17, 15) is 4.79 Å². The van der Waals surface area contributed by atoms with Crippen LogP contribution in [-0.2, 0) is 4.74 Å². The highest BCUT2D eigenvalue weighted by molar-refractivity contribution is 5.89.